The monoisotopic (exact) mass is 217 g/mol. The van der Waals surface area contributed by atoms with E-state index in [0.29, 0.717) is 30.6 Å². The van der Waals surface area contributed by atoms with E-state index in [9.17, 15) is 4.79 Å². The van der Waals surface area contributed by atoms with E-state index >= 15 is 0 Å². The lowest BCUT2D eigenvalue weighted by Crippen LogP contribution is -2.27. The highest BCUT2D eigenvalue weighted by Crippen LogP contribution is 2.18. The normalized spacial score (nSPS) is 9.56. The lowest BCUT2D eigenvalue weighted by atomic mass is 10.1. The maximum Gasteiger partial charge on any atom is 0.226 e. The summed E-state index contributed by atoms with van der Waals surface area (Å²) in [6, 6.07) is 9.11. The quantitative estimate of drug-likeness (QED) is 0.825. The molecule has 0 saturated carbocycles. The molecule has 0 atom stereocenters. The van der Waals surface area contributed by atoms with Gasteiger partial charge in [0.2, 0.25) is 5.91 Å². The average molecular weight is 217 g/mol. The van der Waals surface area contributed by atoms with Crippen molar-refractivity contribution >= 4 is 11.6 Å². The van der Waals surface area contributed by atoms with E-state index in [0.717, 1.165) is 0 Å². The smallest absolute Gasteiger partial charge is 0.226 e. The first-order valence-corrected chi connectivity index (χ1v) is 5.16. The van der Waals surface area contributed by atoms with Crippen LogP contribution in [0.1, 0.15) is 18.4 Å². The van der Waals surface area contributed by atoms with E-state index in [1.165, 1.54) is 4.90 Å². The topological polar surface area (TPSA) is 70.1 Å². The van der Waals surface area contributed by atoms with Crippen molar-refractivity contribution in [3.63, 3.8) is 0 Å². The molecule has 1 rings (SSSR count). The average Bonchev–Trinajstić information content (AvgIpc) is 2.34. The second-order valence-electron chi connectivity index (χ2n) is 3.47. The minimum absolute atomic E-state index is 0.0202. The summed E-state index contributed by atoms with van der Waals surface area (Å²) >= 11 is 0. The van der Waals surface area contributed by atoms with E-state index in [4.69, 9.17) is 11.0 Å². The Bertz CT molecular complexity index is 409. The summed E-state index contributed by atoms with van der Waals surface area (Å²) in [6.07, 6.45) is 1.07. The summed E-state index contributed by atoms with van der Waals surface area (Å²) in [5.41, 5.74) is 6.50. The van der Waals surface area contributed by atoms with Gasteiger partial charge in [0.1, 0.15) is 6.07 Å². The zero-order valence-corrected chi connectivity index (χ0v) is 9.31. The molecule has 84 valence electrons. The highest BCUT2D eigenvalue weighted by molar-refractivity contribution is 5.94. The van der Waals surface area contributed by atoms with Crippen LogP contribution in [0.3, 0.4) is 0 Å². The molecule has 1 aromatic rings. The molecule has 0 saturated heterocycles. The summed E-state index contributed by atoms with van der Waals surface area (Å²) in [5, 5.41) is 8.92. The molecule has 4 heteroatoms. The van der Waals surface area contributed by atoms with E-state index < -0.39 is 0 Å². The maximum atomic E-state index is 11.7. The van der Waals surface area contributed by atoms with Gasteiger partial charge in [-0.05, 0) is 25.1 Å². The van der Waals surface area contributed by atoms with Crippen molar-refractivity contribution in [3.8, 4) is 6.07 Å². The molecule has 0 heterocycles. The number of nitrogens with zero attached hydrogens (tertiary/aromatic N) is 2. The van der Waals surface area contributed by atoms with Crippen LogP contribution >= 0.6 is 0 Å². The van der Waals surface area contributed by atoms with Crippen LogP contribution in [0.5, 0.6) is 0 Å². The third-order valence-corrected chi connectivity index (χ3v) is 2.35. The molecule has 16 heavy (non-hydrogen) atoms. The molecular formula is C12H15N3O. The van der Waals surface area contributed by atoms with Crippen LogP contribution < -0.4 is 10.6 Å². The summed E-state index contributed by atoms with van der Waals surface area (Å²) in [7, 11) is 1.68. The number of benzene rings is 1. The first-order chi connectivity index (χ1) is 7.70. The van der Waals surface area contributed by atoms with Crippen molar-refractivity contribution in [2.45, 2.75) is 12.8 Å². The fourth-order valence-corrected chi connectivity index (χ4v) is 1.42. The van der Waals surface area contributed by atoms with Gasteiger partial charge in [-0.1, -0.05) is 12.1 Å². The van der Waals surface area contributed by atoms with Crippen LogP contribution in [0, 0.1) is 11.3 Å². The fourth-order valence-electron chi connectivity index (χ4n) is 1.42. The van der Waals surface area contributed by atoms with Gasteiger partial charge in [-0.25, -0.2) is 0 Å². The molecular weight excluding hydrogens is 202 g/mol. The van der Waals surface area contributed by atoms with Crippen LogP contribution in [0.2, 0.25) is 0 Å². The van der Waals surface area contributed by atoms with Gasteiger partial charge in [-0.3, -0.25) is 4.79 Å². The number of carbonyl (C=O) groups is 1. The number of hydrogen-bond acceptors (Lipinski definition) is 3. The van der Waals surface area contributed by atoms with E-state index in [1.54, 1.807) is 25.2 Å². The highest BCUT2D eigenvalue weighted by Gasteiger charge is 2.13. The van der Waals surface area contributed by atoms with Crippen molar-refractivity contribution in [1.29, 1.82) is 5.26 Å². The van der Waals surface area contributed by atoms with Crippen molar-refractivity contribution in [2.24, 2.45) is 5.73 Å². The number of hydrogen-bond donors (Lipinski definition) is 1. The minimum atomic E-state index is -0.0202. The standard InChI is InChI=1S/C12H15N3O/c1-15(12(16)7-4-8-13)11-6-3-2-5-10(11)9-14/h2-3,5-6H,4,7-8,13H2,1H3. The summed E-state index contributed by atoms with van der Waals surface area (Å²) in [6.45, 7) is 0.499. The molecule has 1 amide bonds. The lowest BCUT2D eigenvalue weighted by molar-refractivity contribution is -0.118. The Kier molecular flexibility index (Phi) is 4.49. The summed E-state index contributed by atoms with van der Waals surface area (Å²) in [4.78, 5) is 13.2. The molecule has 0 bridgehead atoms. The van der Waals surface area contributed by atoms with Gasteiger partial charge < -0.3 is 10.6 Å². The van der Waals surface area contributed by atoms with E-state index in [1.807, 2.05) is 6.07 Å². The molecule has 0 unspecified atom stereocenters. The Labute approximate surface area is 95.3 Å². The minimum Gasteiger partial charge on any atom is -0.330 e. The predicted molar refractivity (Wildman–Crippen MR) is 62.9 cm³/mol. The van der Waals surface area contributed by atoms with Crippen molar-refractivity contribution in [2.75, 3.05) is 18.5 Å². The largest absolute Gasteiger partial charge is 0.330 e. The Morgan fingerprint density at radius 1 is 1.50 bits per heavy atom. The van der Waals surface area contributed by atoms with E-state index in [-0.39, 0.29) is 5.91 Å². The summed E-state index contributed by atoms with van der Waals surface area (Å²) in [5.74, 6) is -0.0202. The number of para-hydroxylation sites is 1. The van der Waals surface area contributed by atoms with Gasteiger partial charge >= 0.3 is 0 Å². The maximum absolute atomic E-state index is 11.7. The van der Waals surface area contributed by atoms with Crippen molar-refractivity contribution in [3.05, 3.63) is 29.8 Å². The Balaban J connectivity index is 2.84. The number of anilines is 1. The van der Waals surface area contributed by atoms with Crippen molar-refractivity contribution in [1.82, 2.24) is 0 Å². The SMILES string of the molecule is CN(C(=O)CCCN)c1ccccc1C#N. The second kappa shape index (κ2) is 5.89. The number of nitriles is 1. The first kappa shape index (κ1) is 12.2. The molecule has 0 spiro atoms. The van der Waals surface area contributed by atoms with Crippen LogP contribution in [-0.4, -0.2) is 19.5 Å². The molecule has 0 aliphatic rings. The zero-order chi connectivity index (χ0) is 12.0. The molecule has 0 aliphatic heterocycles. The van der Waals surface area contributed by atoms with Crippen LogP contribution in [0.25, 0.3) is 0 Å². The molecule has 0 aliphatic carbocycles. The third kappa shape index (κ3) is 2.81. The fraction of sp³-hybridized carbons (Fsp3) is 0.333. The number of carbonyl (C=O) groups excluding carboxylic acids is 1. The molecule has 4 nitrogen and oxygen atoms in total. The number of nitrogens with two attached hydrogens (primary N) is 1. The first-order valence-electron chi connectivity index (χ1n) is 5.16. The lowest BCUT2D eigenvalue weighted by Gasteiger charge is -2.18. The van der Waals surface area contributed by atoms with Crippen molar-refractivity contribution < 1.29 is 4.79 Å². The van der Waals surface area contributed by atoms with Crippen LogP contribution in [0.15, 0.2) is 24.3 Å². The molecule has 1 aromatic carbocycles. The molecule has 2 N–H and O–H groups in total. The van der Waals surface area contributed by atoms with Gasteiger partial charge in [-0.15, -0.1) is 0 Å². The van der Waals surface area contributed by atoms with Gasteiger partial charge in [-0.2, -0.15) is 5.26 Å². The van der Waals surface area contributed by atoms with Gasteiger partial charge in [0.15, 0.2) is 0 Å². The predicted octanol–water partition coefficient (Wildman–Crippen LogP) is 1.26. The summed E-state index contributed by atoms with van der Waals surface area (Å²) < 4.78 is 0. The van der Waals surface area contributed by atoms with Gasteiger partial charge in [0.25, 0.3) is 0 Å². The Hall–Kier alpha value is -1.86. The highest BCUT2D eigenvalue weighted by atomic mass is 16.2. The number of rotatable bonds is 4. The third-order valence-electron chi connectivity index (χ3n) is 2.35. The van der Waals surface area contributed by atoms with Crippen LogP contribution in [0.4, 0.5) is 5.69 Å². The van der Waals surface area contributed by atoms with Gasteiger partial charge in [0, 0.05) is 13.5 Å². The van der Waals surface area contributed by atoms with Gasteiger partial charge in [0.05, 0.1) is 11.3 Å². The molecule has 0 radical (unpaired) electrons. The molecule has 0 fully saturated rings. The van der Waals surface area contributed by atoms with Crippen LogP contribution in [-0.2, 0) is 4.79 Å². The van der Waals surface area contributed by atoms with E-state index in [2.05, 4.69) is 6.07 Å². The molecule has 0 aromatic heterocycles. The number of amides is 1. The Morgan fingerprint density at radius 2 is 2.19 bits per heavy atom. The second-order valence-corrected chi connectivity index (χ2v) is 3.47. The Morgan fingerprint density at radius 3 is 2.81 bits per heavy atom. The zero-order valence-electron chi connectivity index (χ0n) is 9.31.